The van der Waals surface area contributed by atoms with Crippen molar-refractivity contribution < 1.29 is 14.7 Å². The van der Waals surface area contributed by atoms with Crippen LogP contribution < -0.4 is 0 Å². The number of aromatic nitrogens is 3. The van der Waals surface area contributed by atoms with E-state index in [1.165, 1.54) is 16.7 Å². The second-order valence-electron chi connectivity index (χ2n) is 4.96. The van der Waals surface area contributed by atoms with Crippen LogP contribution in [0.5, 0.6) is 0 Å². The van der Waals surface area contributed by atoms with Gasteiger partial charge in [-0.2, -0.15) is 0 Å². The van der Waals surface area contributed by atoms with Gasteiger partial charge in [-0.1, -0.05) is 20.8 Å². The fourth-order valence-corrected chi connectivity index (χ4v) is 3.43. The van der Waals surface area contributed by atoms with E-state index < -0.39 is 17.9 Å². The number of thioether (sulfide) groups is 1. The number of carbonyl (C=O) groups excluding carboxylic acids is 1. The molecule has 0 bridgehead atoms. The number of carbonyl (C=O) groups is 2. The molecule has 1 aromatic heterocycles. The molecule has 0 radical (unpaired) electrons. The second kappa shape index (κ2) is 5.82. The Bertz CT molecular complexity index is 517. The number of amides is 1. The highest BCUT2D eigenvalue weighted by molar-refractivity contribution is 8.00. The number of aliphatic carboxylic acids is 1. The summed E-state index contributed by atoms with van der Waals surface area (Å²) >= 11 is 1.48. The van der Waals surface area contributed by atoms with E-state index in [9.17, 15) is 14.7 Å². The van der Waals surface area contributed by atoms with E-state index >= 15 is 0 Å². The molecule has 20 heavy (non-hydrogen) atoms. The largest absolute Gasteiger partial charge is 0.480 e. The first-order chi connectivity index (χ1) is 9.45. The van der Waals surface area contributed by atoms with Crippen LogP contribution in [0.4, 0.5) is 0 Å². The molecule has 1 saturated heterocycles. The summed E-state index contributed by atoms with van der Waals surface area (Å²) in [4.78, 5) is 29.3. The van der Waals surface area contributed by atoms with Crippen LogP contribution in [-0.4, -0.2) is 54.2 Å². The van der Waals surface area contributed by atoms with Gasteiger partial charge in [-0.25, -0.2) is 9.78 Å². The van der Waals surface area contributed by atoms with Crippen molar-refractivity contribution in [1.29, 1.82) is 0 Å². The number of carboxylic acid groups (broad SMARTS) is 1. The van der Waals surface area contributed by atoms with Gasteiger partial charge < -0.3 is 10.0 Å². The zero-order valence-corrected chi connectivity index (χ0v) is 12.5. The zero-order chi connectivity index (χ0) is 14.9. The molecule has 0 spiro atoms. The molecule has 1 aromatic rings. The fourth-order valence-electron chi connectivity index (χ4n) is 2.08. The Morgan fingerprint density at radius 3 is 2.75 bits per heavy atom. The van der Waals surface area contributed by atoms with Crippen molar-refractivity contribution in [1.82, 2.24) is 20.1 Å². The van der Waals surface area contributed by atoms with Gasteiger partial charge >= 0.3 is 5.97 Å². The molecule has 0 aliphatic carbocycles. The Hall–Kier alpha value is -1.57. The third kappa shape index (κ3) is 2.65. The van der Waals surface area contributed by atoms with Gasteiger partial charge in [-0.05, 0) is 6.42 Å². The molecule has 8 heteroatoms. The molecule has 0 saturated carbocycles. The lowest BCUT2D eigenvalue weighted by Crippen LogP contribution is -2.45. The summed E-state index contributed by atoms with van der Waals surface area (Å²) in [6.07, 6.45) is 0.696. The molecule has 7 nitrogen and oxygen atoms in total. The summed E-state index contributed by atoms with van der Waals surface area (Å²) in [6, 6.07) is -0.807. The molecular weight excluding hydrogens is 280 g/mol. The first-order valence-corrected chi connectivity index (χ1v) is 7.60. The standard InChI is InChI=1S/C12H18N4O3S/c1-4-8-16(7(5-20-8)12(18)19)11(17)10-13-9(6(2)3)14-15-10/h6-8H,4-5H2,1-3H3,(H,18,19)(H,13,14,15). The van der Waals surface area contributed by atoms with Crippen molar-refractivity contribution in [3.63, 3.8) is 0 Å². The third-order valence-corrected chi connectivity index (χ3v) is 4.66. The normalized spacial score (nSPS) is 22.5. The molecule has 1 aliphatic heterocycles. The van der Waals surface area contributed by atoms with Crippen LogP contribution >= 0.6 is 11.8 Å². The quantitative estimate of drug-likeness (QED) is 0.869. The number of nitrogens with zero attached hydrogens (tertiary/aromatic N) is 3. The number of H-pyrrole nitrogens is 1. The minimum atomic E-state index is -0.985. The topological polar surface area (TPSA) is 99.2 Å². The highest BCUT2D eigenvalue weighted by Gasteiger charge is 2.42. The molecule has 110 valence electrons. The Morgan fingerprint density at radius 1 is 1.55 bits per heavy atom. The van der Waals surface area contributed by atoms with Gasteiger partial charge in [0.15, 0.2) is 0 Å². The fraction of sp³-hybridized carbons (Fsp3) is 0.667. The van der Waals surface area contributed by atoms with Crippen molar-refractivity contribution >= 4 is 23.6 Å². The summed E-state index contributed by atoms with van der Waals surface area (Å²) in [5.74, 6) is -0.199. The van der Waals surface area contributed by atoms with Crippen LogP contribution in [0.1, 0.15) is 49.6 Å². The first kappa shape index (κ1) is 14.8. The molecule has 2 heterocycles. The van der Waals surface area contributed by atoms with E-state index in [4.69, 9.17) is 0 Å². The summed E-state index contributed by atoms with van der Waals surface area (Å²) in [6.45, 7) is 5.81. The predicted molar refractivity (Wildman–Crippen MR) is 74.6 cm³/mol. The predicted octanol–water partition coefficient (Wildman–Crippen LogP) is 1.31. The summed E-state index contributed by atoms with van der Waals surface area (Å²) in [7, 11) is 0. The number of rotatable bonds is 4. The average Bonchev–Trinajstić information content (AvgIpc) is 3.04. The molecule has 1 amide bonds. The van der Waals surface area contributed by atoms with Gasteiger partial charge in [0.2, 0.25) is 5.82 Å². The van der Waals surface area contributed by atoms with Crippen LogP contribution in [0.15, 0.2) is 0 Å². The van der Waals surface area contributed by atoms with Crippen LogP contribution in [0.3, 0.4) is 0 Å². The highest BCUT2D eigenvalue weighted by Crippen LogP contribution is 2.32. The van der Waals surface area contributed by atoms with Gasteiger partial charge in [0.1, 0.15) is 11.9 Å². The van der Waals surface area contributed by atoms with E-state index in [1.54, 1.807) is 0 Å². The summed E-state index contributed by atoms with van der Waals surface area (Å²) in [5, 5.41) is 15.7. The molecule has 2 rings (SSSR count). The van der Waals surface area contributed by atoms with Gasteiger partial charge in [-0.15, -0.1) is 16.9 Å². The zero-order valence-electron chi connectivity index (χ0n) is 11.7. The van der Waals surface area contributed by atoms with E-state index in [2.05, 4.69) is 15.2 Å². The number of carboxylic acids is 1. The van der Waals surface area contributed by atoms with Gasteiger partial charge in [0.25, 0.3) is 5.91 Å². The summed E-state index contributed by atoms with van der Waals surface area (Å²) < 4.78 is 0. The van der Waals surface area contributed by atoms with Gasteiger partial charge in [-0.3, -0.25) is 9.89 Å². The maximum Gasteiger partial charge on any atom is 0.327 e. The van der Waals surface area contributed by atoms with Crippen molar-refractivity contribution in [2.24, 2.45) is 0 Å². The SMILES string of the molecule is CCC1SCC(C(=O)O)N1C(=O)c1n[nH]c(C(C)C)n1. The number of nitrogens with one attached hydrogen (secondary N) is 1. The van der Waals surface area contributed by atoms with Crippen molar-refractivity contribution in [2.45, 2.75) is 44.5 Å². The lowest BCUT2D eigenvalue weighted by Gasteiger charge is -2.25. The Morgan fingerprint density at radius 2 is 2.25 bits per heavy atom. The molecule has 2 unspecified atom stereocenters. The minimum Gasteiger partial charge on any atom is -0.480 e. The van der Waals surface area contributed by atoms with Crippen molar-refractivity contribution in [3.05, 3.63) is 11.6 Å². The first-order valence-electron chi connectivity index (χ1n) is 6.55. The maximum absolute atomic E-state index is 12.5. The number of hydrogen-bond acceptors (Lipinski definition) is 5. The number of aromatic amines is 1. The van der Waals surface area contributed by atoms with E-state index in [1.807, 2.05) is 20.8 Å². The molecule has 0 aromatic carbocycles. The Kier molecular flexibility index (Phi) is 4.32. The maximum atomic E-state index is 12.5. The minimum absolute atomic E-state index is 0.0425. The molecular formula is C12H18N4O3S. The lowest BCUT2D eigenvalue weighted by atomic mass is 10.2. The van der Waals surface area contributed by atoms with Gasteiger partial charge in [0.05, 0.1) is 5.37 Å². The second-order valence-corrected chi connectivity index (χ2v) is 6.17. The average molecular weight is 298 g/mol. The Labute approximate surface area is 121 Å². The lowest BCUT2D eigenvalue weighted by molar-refractivity contribution is -0.141. The smallest absolute Gasteiger partial charge is 0.327 e. The van der Waals surface area contributed by atoms with E-state index in [0.717, 1.165) is 0 Å². The third-order valence-electron chi connectivity index (χ3n) is 3.20. The van der Waals surface area contributed by atoms with Gasteiger partial charge in [0, 0.05) is 11.7 Å². The van der Waals surface area contributed by atoms with Crippen molar-refractivity contribution in [2.75, 3.05) is 5.75 Å². The van der Waals surface area contributed by atoms with Crippen LogP contribution in [0, 0.1) is 0 Å². The van der Waals surface area contributed by atoms with Crippen LogP contribution in [0.25, 0.3) is 0 Å². The monoisotopic (exact) mass is 298 g/mol. The molecule has 2 atom stereocenters. The van der Waals surface area contributed by atoms with E-state index in [0.29, 0.717) is 18.0 Å². The molecule has 1 aliphatic rings. The Balaban J connectivity index is 2.26. The summed E-state index contributed by atoms with van der Waals surface area (Å²) in [5.41, 5.74) is 0. The molecule has 1 fully saturated rings. The van der Waals surface area contributed by atoms with Crippen LogP contribution in [-0.2, 0) is 4.79 Å². The van der Waals surface area contributed by atoms with Crippen molar-refractivity contribution in [3.8, 4) is 0 Å². The van der Waals surface area contributed by atoms with E-state index in [-0.39, 0.29) is 17.1 Å². The number of hydrogen-bond donors (Lipinski definition) is 2. The van der Waals surface area contributed by atoms with Crippen LogP contribution in [0.2, 0.25) is 0 Å². The highest BCUT2D eigenvalue weighted by atomic mass is 32.2. The molecule has 2 N–H and O–H groups in total.